The highest BCUT2D eigenvalue weighted by molar-refractivity contribution is 7.07. The maximum absolute atomic E-state index is 13.2. The summed E-state index contributed by atoms with van der Waals surface area (Å²) < 4.78 is 14.9. The first-order valence-corrected chi connectivity index (χ1v) is 8.19. The van der Waals surface area contributed by atoms with Crippen LogP contribution in [0.1, 0.15) is 5.69 Å². The zero-order valence-corrected chi connectivity index (χ0v) is 13.7. The first kappa shape index (κ1) is 16.0. The molecule has 0 aliphatic heterocycles. The van der Waals surface area contributed by atoms with Gasteiger partial charge in [-0.15, -0.1) is 17.9 Å². The molecule has 2 aromatic heterocycles. The summed E-state index contributed by atoms with van der Waals surface area (Å²) in [7, 11) is 0. The summed E-state index contributed by atoms with van der Waals surface area (Å²) >= 11 is 1.47. The number of hydrogen-bond donors (Lipinski definition) is 0. The lowest BCUT2D eigenvalue weighted by Crippen LogP contribution is -2.12. The smallest absolute Gasteiger partial charge is 0.206 e. The molecular weight excluding hydrogens is 323 g/mol. The van der Waals surface area contributed by atoms with Gasteiger partial charge in [0.15, 0.2) is 0 Å². The molecule has 0 radical (unpaired) electrons. The van der Waals surface area contributed by atoms with Crippen molar-refractivity contribution in [2.75, 3.05) is 6.54 Å². The zero-order valence-electron chi connectivity index (χ0n) is 12.8. The van der Waals surface area contributed by atoms with E-state index in [2.05, 4.69) is 21.7 Å². The number of halogens is 1. The van der Waals surface area contributed by atoms with Crippen molar-refractivity contribution in [1.29, 1.82) is 0 Å². The van der Waals surface area contributed by atoms with Crippen LogP contribution in [-0.2, 0) is 0 Å². The van der Waals surface area contributed by atoms with Gasteiger partial charge < -0.3 is 0 Å². The van der Waals surface area contributed by atoms with Crippen LogP contribution >= 0.6 is 11.3 Å². The fourth-order valence-electron chi connectivity index (χ4n) is 2.05. The Labute approximate surface area is 143 Å². The molecule has 0 amide bonds. The molecule has 0 spiro atoms. The fourth-order valence-corrected chi connectivity index (χ4v) is 2.90. The third-order valence-electron chi connectivity index (χ3n) is 3.17. The van der Waals surface area contributed by atoms with Gasteiger partial charge in [0.2, 0.25) is 4.80 Å². The average Bonchev–Trinajstić information content (AvgIpc) is 3.02. The van der Waals surface area contributed by atoms with Crippen LogP contribution in [0.5, 0.6) is 0 Å². The second-order valence-corrected chi connectivity index (χ2v) is 5.69. The quantitative estimate of drug-likeness (QED) is 0.516. The Bertz CT molecular complexity index is 908. The van der Waals surface area contributed by atoms with E-state index in [4.69, 9.17) is 0 Å². The highest BCUT2D eigenvalue weighted by Gasteiger charge is 2.07. The van der Waals surface area contributed by atoms with Crippen LogP contribution < -0.4 is 4.80 Å². The Morgan fingerprint density at radius 2 is 2.04 bits per heavy atom. The van der Waals surface area contributed by atoms with Crippen molar-refractivity contribution in [3.63, 3.8) is 0 Å². The van der Waals surface area contributed by atoms with Crippen molar-refractivity contribution in [2.45, 2.75) is 0 Å². The van der Waals surface area contributed by atoms with E-state index in [1.165, 1.54) is 23.5 Å². The van der Waals surface area contributed by atoms with E-state index < -0.39 is 0 Å². The van der Waals surface area contributed by atoms with Crippen LogP contribution in [0.2, 0.25) is 0 Å². The molecule has 0 saturated carbocycles. The van der Waals surface area contributed by atoms with Crippen molar-refractivity contribution in [1.82, 2.24) is 9.66 Å². The van der Waals surface area contributed by atoms with Crippen molar-refractivity contribution in [3.8, 4) is 11.3 Å². The summed E-state index contributed by atoms with van der Waals surface area (Å²) in [4.78, 5) is 9.42. The maximum atomic E-state index is 13.2. The Balaban J connectivity index is 2.06. The third kappa shape index (κ3) is 3.72. The number of thiazole rings is 1. The van der Waals surface area contributed by atoms with Crippen LogP contribution in [0, 0.1) is 5.82 Å². The van der Waals surface area contributed by atoms with Crippen molar-refractivity contribution in [2.24, 2.45) is 10.1 Å². The molecule has 0 aliphatic carbocycles. The summed E-state index contributed by atoms with van der Waals surface area (Å²) in [6, 6.07) is 11.9. The minimum Gasteiger partial charge on any atom is -0.255 e. The van der Waals surface area contributed by atoms with E-state index >= 15 is 0 Å². The molecule has 0 aliphatic rings. The summed E-state index contributed by atoms with van der Waals surface area (Å²) in [5.41, 5.74) is 2.46. The summed E-state index contributed by atoms with van der Waals surface area (Å²) in [5.74, 6) is -0.269. The lowest BCUT2D eigenvalue weighted by molar-refractivity contribution is 0.628. The monoisotopic (exact) mass is 338 g/mol. The first-order chi connectivity index (χ1) is 11.8. The molecule has 0 fully saturated rings. The topological polar surface area (TPSA) is 42.5 Å². The van der Waals surface area contributed by atoms with E-state index in [1.54, 1.807) is 35.3 Å². The Morgan fingerprint density at radius 1 is 1.21 bits per heavy atom. The molecule has 3 rings (SSSR count). The number of nitrogens with zero attached hydrogens (tertiary/aromatic N) is 4. The summed E-state index contributed by atoms with van der Waals surface area (Å²) in [6.45, 7) is 4.19. The van der Waals surface area contributed by atoms with Gasteiger partial charge in [0.1, 0.15) is 5.82 Å². The predicted molar refractivity (Wildman–Crippen MR) is 95.6 cm³/mol. The Hall–Kier alpha value is -2.86. The van der Waals surface area contributed by atoms with Crippen LogP contribution in [0.4, 0.5) is 4.39 Å². The van der Waals surface area contributed by atoms with E-state index in [9.17, 15) is 4.39 Å². The van der Waals surface area contributed by atoms with Gasteiger partial charge in [-0.05, 0) is 36.4 Å². The molecule has 2 heterocycles. The van der Waals surface area contributed by atoms with Gasteiger partial charge in [-0.25, -0.2) is 9.07 Å². The van der Waals surface area contributed by atoms with Gasteiger partial charge in [0.25, 0.3) is 0 Å². The van der Waals surface area contributed by atoms with Gasteiger partial charge in [-0.3, -0.25) is 9.98 Å². The number of rotatable bonds is 5. The van der Waals surface area contributed by atoms with Gasteiger partial charge in [-0.2, -0.15) is 5.10 Å². The summed E-state index contributed by atoms with van der Waals surface area (Å²) in [6.07, 6.45) is 5.11. The van der Waals surface area contributed by atoms with Crippen molar-refractivity contribution in [3.05, 3.63) is 83.0 Å². The molecule has 120 valence electrons. The van der Waals surface area contributed by atoms with Crippen LogP contribution in [0.15, 0.2) is 76.8 Å². The molecular formula is C18H15FN4S. The largest absolute Gasteiger partial charge is 0.255 e. The first-order valence-electron chi connectivity index (χ1n) is 7.31. The Morgan fingerprint density at radius 3 is 2.75 bits per heavy atom. The van der Waals surface area contributed by atoms with E-state index in [0.29, 0.717) is 6.54 Å². The highest BCUT2D eigenvalue weighted by Crippen LogP contribution is 2.20. The van der Waals surface area contributed by atoms with Gasteiger partial charge in [-0.1, -0.05) is 12.1 Å². The zero-order chi connectivity index (χ0) is 16.8. The van der Waals surface area contributed by atoms with E-state index in [-0.39, 0.29) is 5.82 Å². The molecule has 0 N–H and O–H groups in total. The number of benzene rings is 1. The highest BCUT2D eigenvalue weighted by atomic mass is 32.1. The molecule has 0 atom stereocenters. The molecule has 1 aromatic carbocycles. The van der Waals surface area contributed by atoms with Gasteiger partial charge in [0.05, 0.1) is 24.1 Å². The second-order valence-electron chi connectivity index (χ2n) is 4.85. The number of aromatic nitrogens is 2. The number of hydrogen-bond acceptors (Lipinski definition) is 4. The van der Waals surface area contributed by atoms with Crippen LogP contribution in [0.25, 0.3) is 11.3 Å². The molecule has 0 bridgehead atoms. The van der Waals surface area contributed by atoms with E-state index in [1.807, 2.05) is 23.6 Å². The maximum Gasteiger partial charge on any atom is 0.206 e. The molecule has 0 unspecified atom stereocenters. The molecule has 3 aromatic rings. The number of pyridine rings is 1. The third-order valence-corrected chi connectivity index (χ3v) is 4.03. The minimum absolute atomic E-state index is 0.269. The molecule has 0 saturated heterocycles. The minimum atomic E-state index is -0.269. The SMILES string of the molecule is C=CCN=c1scc(-c2ccc(F)cc2)n1/N=C\c1ccccn1. The fraction of sp³-hybridized carbons (Fsp3) is 0.0556. The Kier molecular flexibility index (Phi) is 5.08. The standard InChI is InChI=1S/C18H15FN4S/c1-2-10-21-18-23(22-12-16-5-3-4-11-20-16)17(13-24-18)14-6-8-15(19)9-7-14/h2-9,11-13H,1,10H2/b21-18?,22-12-. The van der Waals surface area contributed by atoms with Crippen molar-refractivity contribution < 1.29 is 4.39 Å². The van der Waals surface area contributed by atoms with Crippen LogP contribution in [0.3, 0.4) is 0 Å². The van der Waals surface area contributed by atoms with Gasteiger partial charge >= 0.3 is 0 Å². The predicted octanol–water partition coefficient (Wildman–Crippen LogP) is 3.72. The molecule has 6 heteroatoms. The average molecular weight is 338 g/mol. The summed E-state index contributed by atoms with van der Waals surface area (Å²) in [5, 5.41) is 6.46. The lowest BCUT2D eigenvalue weighted by atomic mass is 10.2. The molecule has 4 nitrogen and oxygen atoms in total. The van der Waals surface area contributed by atoms with E-state index in [0.717, 1.165) is 21.8 Å². The van der Waals surface area contributed by atoms with Gasteiger partial charge in [0, 0.05) is 17.1 Å². The molecule has 24 heavy (non-hydrogen) atoms. The van der Waals surface area contributed by atoms with Crippen molar-refractivity contribution >= 4 is 17.6 Å². The lowest BCUT2D eigenvalue weighted by Gasteiger charge is -2.03. The normalized spacial score (nSPS) is 12.0. The second kappa shape index (κ2) is 7.61. The van der Waals surface area contributed by atoms with Crippen LogP contribution in [-0.4, -0.2) is 22.4 Å².